The molecule has 3 amide bonds. The molecule has 7 nitrogen and oxygen atoms in total. The van der Waals surface area contributed by atoms with Crippen molar-refractivity contribution < 1.29 is 18.8 Å². The van der Waals surface area contributed by atoms with Gasteiger partial charge in [-0.05, 0) is 25.5 Å². The number of rotatable bonds is 4. The Morgan fingerprint density at radius 3 is 2.74 bits per heavy atom. The van der Waals surface area contributed by atoms with Gasteiger partial charge in [-0.15, -0.1) is 0 Å². The van der Waals surface area contributed by atoms with Crippen LogP contribution in [0.2, 0.25) is 0 Å². The van der Waals surface area contributed by atoms with Crippen molar-refractivity contribution in [2.75, 3.05) is 13.1 Å². The lowest BCUT2D eigenvalue weighted by Crippen LogP contribution is -2.46. The third-order valence-electron chi connectivity index (χ3n) is 4.51. The van der Waals surface area contributed by atoms with Gasteiger partial charge >= 0.3 is 0 Å². The van der Waals surface area contributed by atoms with Crippen molar-refractivity contribution >= 4 is 28.6 Å². The van der Waals surface area contributed by atoms with E-state index < -0.39 is 17.8 Å². The number of likely N-dealkylation sites (tertiary alicyclic amines) is 1. The zero-order chi connectivity index (χ0) is 19.6. The van der Waals surface area contributed by atoms with E-state index in [4.69, 9.17) is 0 Å². The highest BCUT2D eigenvalue weighted by atomic mass is 19.1. The van der Waals surface area contributed by atoms with E-state index in [-0.39, 0.29) is 35.6 Å². The minimum Gasteiger partial charge on any atom is -0.355 e. The van der Waals surface area contributed by atoms with Gasteiger partial charge in [0.1, 0.15) is 23.1 Å². The van der Waals surface area contributed by atoms with Crippen LogP contribution in [0.25, 0.3) is 10.9 Å². The van der Waals surface area contributed by atoms with E-state index in [1.165, 1.54) is 24.0 Å². The van der Waals surface area contributed by atoms with E-state index in [2.05, 4.69) is 15.6 Å². The summed E-state index contributed by atoms with van der Waals surface area (Å²) in [4.78, 5) is 42.3. The lowest BCUT2D eigenvalue weighted by atomic mass is 10.1. The fraction of sp³-hybridized carbons (Fsp3) is 0.368. The molecule has 8 heteroatoms. The molecule has 0 radical (unpaired) electrons. The highest BCUT2D eigenvalue weighted by molar-refractivity contribution is 5.98. The summed E-state index contributed by atoms with van der Waals surface area (Å²) in [5, 5.41) is 6.05. The number of fused-ring (bicyclic) bond motifs is 1. The number of nitrogens with zero attached hydrogens (tertiary/aromatic N) is 2. The number of carbonyl (C=O) groups is 3. The van der Waals surface area contributed by atoms with Gasteiger partial charge in [0.15, 0.2) is 0 Å². The van der Waals surface area contributed by atoms with Crippen LogP contribution in [-0.2, 0) is 9.59 Å². The Morgan fingerprint density at radius 1 is 1.26 bits per heavy atom. The molecule has 1 aliphatic rings. The topological polar surface area (TPSA) is 91.4 Å². The van der Waals surface area contributed by atoms with E-state index in [0.717, 1.165) is 0 Å². The van der Waals surface area contributed by atoms with Crippen LogP contribution in [0, 0.1) is 5.82 Å². The molecule has 2 N–H and O–H groups in total. The highest BCUT2D eigenvalue weighted by Gasteiger charge is 2.40. The Morgan fingerprint density at radius 2 is 2.04 bits per heavy atom. The van der Waals surface area contributed by atoms with Crippen LogP contribution < -0.4 is 10.6 Å². The highest BCUT2D eigenvalue weighted by Crippen LogP contribution is 2.22. The average molecular weight is 372 g/mol. The normalized spacial score (nSPS) is 19.1. The largest absolute Gasteiger partial charge is 0.355 e. The Bertz CT molecular complexity index is 902. The third kappa shape index (κ3) is 3.89. The van der Waals surface area contributed by atoms with Crippen molar-refractivity contribution in [2.45, 2.75) is 32.4 Å². The van der Waals surface area contributed by atoms with E-state index >= 15 is 0 Å². The van der Waals surface area contributed by atoms with Crippen molar-refractivity contribution in [2.24, 2.45) is 0 Å². The first-order valence-corrected chi connectivity index (χ1v) is 8.81. The van der Waals surface area contributed by atoms with E-state index in [1.54, 1.807) is 25.1 Å². The van der Waals surface area contributed by atoms with Crippen molar-refractivity contribution in [3.8, 4) is 0 Å². The van der Waals surface area contributed by atoms with E-state index in [0.29, 0.717) is 18.4 Å². The number of aromatic nitrogens is 1. The first kappa shape index (κ1) is 18.8. The maximum atomic E-state index is 14.0. The fourth-order valence-electron chi connectivity index (χ4n) is 3.37. The number of para-hydroxylation sites is 1. The molecule has 2 atom stereocenters. The number of carbonyl (C=O) groups excluding carboxylic acids is 3. The lowest BCUT2D eigenvalue weighted by molar-refractivity contribution is -0.125. The quantitative estimate of drug-likeness (QED) is 0.845. The van der Waals surface area contributed by atoms with Gasteiger partial charge < -0.3 is 15.5 Å². The maximum Gasteiger partial charge on any atom is 0.273 e. The Hall–Kier alpha value is -3.03. The number of amides is 3. The second kappa shape index (κ2) is 7.69. The SMILES string of the molecule is CCNC(=O)[C@@H]1C[C@H](NC(C)=O)CN1C(=O)c1ccc2cccc(F)c2n1. The van der Waals surface area contributed by atoms with Crippen LogP contribution in [0.4, 0.5) is 4.39 Å². The molecule has 0 bridgehead atoms. The van der Waals surface area contributed by atoms with Gasteiger partial charge in [0.05, 0.1) is 0 Å². The van der Waals surface area contributed by atoms with Crippen LogP contribution >= 0.6 is 0 Å². The summed E-state index contributed by atoms with van der Waals surface area (Å²) >= 11 is 0. The van der Waals surface area contributed by atoms with Gasteiger partial charge in [0, 0.05) is 31.4 Å². The van der Waals surface area contributed by atoms with Crippen molar-refractivity contribution in [3.63, 3.8) is 0 Å². The molecule has 0 unspecified atom stereocenters. The molecule has 1 saturated heterocycles. The molecule has 1 aromatic heterocycles. The predicted molar refractivity (Wildman–Crippen MR) is 97.4 cm³/mol. The van der Waals surface area contributed by atoms with Crippen molar-refractivity contribution in [3.05, 3.63) is 41.8 Å². The van der Waals surface area contributed by atoms with Gasteiger partial charge in [-0.1, -0.05) is 18.2 Å². The first-order chi connectivity index (χ1) is 12.9. The maximum absolute atomic E-state index is 14.0. The van der Waals surface area contributed by atoms with Gasteiger partial charge in [-0.3, -0.25) is 14.4 Å². The molecule has 0 aliphatic carbocycles. The molecule has 2 heterocycles. The number of pyridine rings is 1. The number of halogens is 1. The summed E-state index contributed by atoms with van der Waals surface area (Å²) in [5.74, 6) is -1.50. The molecular formula is C19H21FN4O3. The van der Waals surface area contributed by atoms with E-state index in [1.807, 2.05) is 0 Å². The third-order valence-corrected chi connectivity index (χ3v) is 4.51. The molecule has 142 valence electrons. The molecule has 1 aromatic carbocycles. The molecule has 27 heavy (non-hydrogen) atoms. The van der Waals surface area contributed by atoms with Crippen LogP contribution in [0.5, 0.6) is 0 Å². The second-order valence-corrected chi connectivity index (χ2v) is 6.51. The zero-order valence-electron chi connectivity index (χ0n) is 15.2. The van der Waals surface area contributed by atoms with Gasteiger partial charge in [-0.25, -0.2) is 9.37 Å². The van der Waals surface area contributed by atoms with Gasteiger partial charge in [-0.2, -0.15) is 0 Å². The monoisotopic (exact) mass is 372 g/mol. The van der Waals surface area contributed by atoms with Crippen LogP contribution in [0.15, 0.2) is 30.3 Å². The Labute approximate surface area is 155 Å². The minimum atomic E-state index is -0.715. The van der Waals surface area contributed by atoms with Crippen LogP contribution in [0.1, 0.15) is 30.8 Å². The summed E-state index contributed by atoms with van der Waals surface area (Å²) in [6.07, 6.45) is 0.319. The Kier molecular flexibility index (Phi) is 5.34. The van der Waals surface area contributed by atoms with E-state index in [9.17, 15) is 18.8 Å². The zero-order valence-corrected chi connectivity index (χ0v) is 15.2. The summed E-state index contributed by atoms with van der Waals surface area (Å²) in [6.45, 7) is 3.80. The standard InChI is InChI=1S/C19H21FN4O3/c1-3-21-18(26)16-9-13(22-11(2)25)10-24(16)19(27)15-8-7-12-5-4-6-14(20)17(12)23-15/h4-8,13,16H,3,9-10H2,1-2H3,(H,21,26)(H,22,25)/t13-,16-/m0/s1. The van der Waals surface area contributed by atoms with Gasteiger partial charge in [0.2, 0.25) is 11.8 Å². The molecule has 1 fully saturated rings. The first-order valence-electron chi connectivity index (χ1n) is 8.81. The summed E-state index contributed by atoms with van der Waals surface area (Å²) in [7, 11) is 0. The van der Waals surface area contributed by atoms with Gasteiger partial charge in [0.25, 0.3) is 5.91 Å². The number of hydrogen-bond donors (Lipinski definition) is 2. The average Bonchev–Trinajstić information content (AvgIpc) is 3.04. The number of likely N-dealkylation sites (N-methyl/N-ethyl adjacent to an activating group) is 1. The molecule has 1 aliphatic heterocycles. The fourth-order valence-corrected chi connectivity index (χ4v) is 3.37. The predicted octanol–water partition coefficient (Wildman–Crippen LogP) is 1.23. The molecule has 3 rings (SSSR count). The minimum absolute atomic E-state index is 0.0605. The second-order valence-electron chi connectivity index (χ2n) is 6.51. The number of nitrogens with one attached hydrogen (secondary N) is 2. The van der Waals surface area contributed by atoms with Crippen LogP contribution in [0.3, 0.4) is 0 Å². The lowest BCUT2D eigenvalue weighted by Gasteiger charge is -2.23. The smallest absolute Gasteiger partial charge is 0.273 e. The summed E-state index contributed by atoms with van der Waals surface area (Å²) < 4.78 is 14.0. The van der Waals surface area contributed by atoms with Crippen molar-refractivity contribution in [1.29, 1.82) is 0 Å². The molecule has 0 saturated carbocycles. The molecule has 2 aromatic rings. The van der Waals surface area contributed by atoms with Crippen molar-refractivity contribution in [1.82, 2.24) is 20.5 Å². The molecular weight excluding hydrogens is 351 g/mol. The summed E-state index contributed by atoms with van der Waals surface area (Å²) in [6, 6.07) is 6.67. The number of hydrogen-bond acceptors (Lipinski definition) is 4. The Balaban J connectivity index is 1.91. The van der Waals surface area contributed by atoms with Crippen LogP contribution in [-0.4, -0.2) is 52.8 Å². The molecule has 0 spiro atoms. The summed E-state index contributed by atoms with van der Waals surface area (Å²) in [5.41, 5.74) is 0.167. The number of benzene rings is 1.